The molecule has 2 aromatic carbocycles. The minimum Gasteiger partial charge on any atom is -0.465 e. The molecule has 9 heteroatoms. The van der Waals surface area contributed by atoms with Gasteiger partial charge in [-0.2, -0.15) is 5.10 Å². The topological polar surface area (TPSA) is 90.2 Å². The lowest BCUT2D eigenvalue weighted by Crippen LogP contribution is -2.29. The van der Waals surface area contributed by atoms with Gasteiger partial charge in [-0.1, -0.05) is 29.8 Å². The molecule has 168 valence electrons. The zero-order valence-electron chi connectivity index (χ0n) is 18.1. The molecule has 2 N–H and O–H groups in total. The van der Waals surface area contributed by atoms with E-state index >= 15 is 0 Å². The minimum absolute atomic E-state index is 0.207. The fourth-order valence-corrected chi connectivity index (χ4v) is 3.66. The number of hydrogen-bond acceptors (Lipinski definition) is 4. The molecule has 0 unspecified atom stereocenters. The molecule has 0 saturated carbocycles. The van der Waals surface area contributed by atoms with Gasteiger partial charge in [0.25, 0.3) is 0 Å². The molecule has 33 heavy (non-hydrogen) atoms. The maximum Gasteiger partial charge on any atom is 0.339 e. The van der Waals surface area contributed by atoms with E-state index in [1.54, 1.807) is 6.07 Å². The Hall–Kier alpha value is -4.04. The average Bonchev–Trinajstić information content (AvgIpc) is 3.45. The molecule has 0 aliphatic rings. The Balaban J connectivity index is 1.60. The fraction of sp³-hybridized carbons (Fsp3) is 0.125. The number of nitrogens with zero attached hydrogens (tertiary/aromatic N) is 3. The number of amides is 2. The van der Waals surface area contributed by atoms with E-state index in [9.17, 15) is 9.59 Å². The van der Waals surface area contributed by atoms with E-state index in [-0.39, 0.29) is 17.8 Å². The number of ether oxygens (including phenoxy) is 1. The van der Waals surface area contributed by atoms with Crippen molar-refractivity contribution in [3.8, 4) is 11.5 Å². The summed E-state index contributed by atoms with van der Waals surface area (Å²) in [6, 6.07) is 17.7. The highest BCUT2D eigenvalue weighted by atomic mass is 35.5. The van der Waals surface area contributed by atoms with Gasteiger partial charge < -0.3 is 19.9 Å². The van der Waals surface area contributed by atoms with E-state index in [2.05, 4.69) is 10.6 Å². The van der Waals surface area contributed by atoms with E-state index in [0.29, 0.717) is 5.02 Å². The lowest BCUT2D eigenvalue weighted by atomic mass is 10.2. The van der Waals surface area contributed by atoms with Gasteiger partial charge in [-0.15, -0.1) is 0 Å². The third-order valence-electron chi connectivity index (χ3n) is 5.07. The quantitative estimate of drug-likeness (QED) is 0.404. The third-order valence-corrected chi connectivity index (χ3v) is 5.30. The molecular weight excluding hydrogens is 442 g/mol. The number of rotatable bonds is 6. The van der Waals surface area contributed by atoms with Gasteiger partial charge in [0.15, 0.2) is 0 Å². The van der Waals surface area contributed by atoms with Gasteiger partial charge in [0.2, 0.25) is 0 Å². The highest BCUT2D eigenvalue weighted by Crippen LogP contribution is 2.24. The van der Waals surface area contributed by atoms with Crippen molar-refractivity contribution >= 4 is 29.3 Å². The molecule has 0 saturated heterocycles. The van der Waals surface area contributed by atoms with Crippen molar-refractivity contribution in [2.45, 2.75) is 13.5 Å². The molecule has 2 amide bonds. The normalized spacial score (nSPS) is 10.6. The number of aryl methyl sites for hydroxylation is 1. The molecule has 4 aromatic rings. The monoisotopic (exact) mass is 463 g/mol. The number of urea groups is 1. The Bertz CT molecular complexity index is 1280. The number of nitrogens with one attached hydrogen (secondary N) is 2. The number of para-hydroxylation sites is 1. The van der Waals surface area contributed by atoms with Gasteiger partial charge in [-0.25, -0.2) is 14.3 Å². The largest absolute Gasteiger partial charge is 0.465 e. The van der Waals surface area contributed by atoms with Gasteiger partial charge in [0.1, 0.15) is 5.82 Å². The Morgan fingerprint density at radius 3 is 2.48 bits per heavy atom. The van der Waals surface area contributed by atoms with Crippen LogP contribution in [0, 0.1) is 6.92 Å². The molecular formula is C24H22ClN5O3. The first-order chi connectivity index (χ1) is 16.0. The number of aromatic nitrogens is 3. The summed E-state index contributed by atoms with van der Waals surface area (Å²) < 4.78 is 8.57. The van der Waals surface area contributed by atoms with E-state index in [0.717, 1.165) is 22.8 Å². The molecule has 2 heterocycles. The number of esters is 1. The number of methoxy groups -OCH3 is 1. The number of carbonyl (C=O) groups is 2. The molecule has 0 spiro atoms. The number of benzene rings is 2. The first-order valence-electron chi connectivity index (χ1n) is 10.2. The van der Waals surface area contributed by atoms with Crippen molar-refractivity contribution in [3.63, 3.8) is 0 Å². The van der Waals surface area contributed by atoms with Gasteiger partial charge in [0, 0.05) is 23.0 Å². The number of anilines is 1. The summed E-state index contributed by atoms with van der Waals surface area (Å²) in [5.41, 5.74) is 3.00. The Morgan fingerprint density at radius 1 is 1.06 bits per heavy atom. The summed E-state index contributed by atoms with van der Waals surface area (Å²) in [4.78, 5) is 24.7. The maximum absolute atomic E-state index is 12.7. The van der Waals surface area contributed by atoms with Crippen LogP contribution in [0.4, 0.5) is 10.5 Å². The first kappa shape index (κ1) is 22.2. The van der Waals surface area contributed by atoms with Crippen molar-refractivity contribution in [3.05, 3.63) is 94.9 Å². The van der Waals surface area contributed by atoms with Crippen molar-refractivity contribution in [2.24, 2.45) is 0 Å². The summed E-state index contributed by atoms with van der Waals surface area (Å²) in [5, 5.41) is 10.6. The van der Waals surface area contributed by atoms with Crippen LogP contribution < -0.4 is 10.6 Å². The van der Waals surface area contributed by atoms with Crippen molar-refractivity contribution in [2.75, 3.05) is 12.4 Å². The summed E-state index contributed by atoms with van der Waals surface area (Å²) in [7, 11) is 1.27. The Morgan fingerprint density at radius 2 is 1.79 bits per heavy atom. The summed E-state index contributed by atoms with van der Waals surface area (Å²) in [5.74, 6) is 0.249. The SMILES string of the molecule is COC(=O)c1ccc(Cl)cc1NC(=O)NCc1c(C)nn(-c2ccccc2)c1-n1cccc1. The van der Waals surface area contributed by atoms with Crippen LogP contribution in [-0.2, 0) is 11.3 Å². The van der Waals surface area contributed by atoms with Crippen LogP contribution in [0.15, 0.2) is 73.1 Å². The zero-order chi connectivity index (χ0) is 23.4. The van der Waals surface area contributed by atoms with Gasteiger partial charge >= 0.3 is 12.0 Å². The number of halogens is 1. The van der Waals surface area contributed by atoms with Crippen LogP contribution in [0.25, 0.3) is 11.5 Å². The van der Waals surface area contributed by atoms with Crippen molar-refractivity contribution in [1.82, 2.24) is 19.7 Å². The molecule has 8 nitrogen and oxygen atoms in total. The predicted molar refractivity (Wildman–Crippen MR) is 126 cm³/mol. The lowest BCUT2D eigenvalue weighted by molar-refractivity contribution is 0.0602. The van der Waals surface area contributed by atoms with Crippen LogP contribution in [0.3, 0.4) is 0 Å². The van der Waals surface area contributed by atoms with Crippen LogP contribution in [-0.4, -0.2) is 33.5 Å². The number of hydrogen-bond donors (Lipinski definition) is 2. The second kappa shape index (κ2) is 9.62. The minimum atomic E-state index is -0.572. The standard InChI is InChI=1S/C24H22ClN5O3/c1-16-20(15-26-24(32)27-21-14-17(25)10-11-19(21)23(31)33-2)22(29-12-6-7-13-29)30(28-16)18-8-4-3-5-9-18/h3-14H,15H2,1-2H3,(H2,26,27,32). The van der Waals surface area contributed by atoms with E-state index < -0.39 is 12.0 Å². The van der Waals surface area contributed by atoms with Crippen LogP contribution in [0.5, 0.6) is 0 Å². The summed E-state index contributed by atoms with van der Waals surface area (Å²) in [6.07, 6.45) is 3.85. The molecule has 4 rings (SSSR count). The smallest absolute Gasteiger partial charge is 0.339 e. The average molecular weight is 464 g/mol. The second-order valence-electron chi connectivity index (χ2n) is 7.21. The molecule has 2 aromatic heterocycles. The highest BCUT2D eigenvalue weighted by Gasteiger charge is 2.19. The maximum atomic E-state index is 12.7. The van der Waals surface area contributed by atoms with Crippen LogP contribution in [0.1, 0.15) is 21.6 Å². The van der Waals surface area contributed by atoms with Gasteiger partial charge in [-0.05, 0) is 49.4 Å². The van der Waals surface area contributed by atoms with Crippen molar-refractivity contribution < 1.29 is 14.3 Å². The van der Waals surface area contributed by atoms with E-state index in [1.807, 2.05) is 71.0 Å². The van der Waals surface area contributed by atoms with E-state index in [4.69, 9.17) is 21.4 Å². The predicted octanol–water partition coefficient (Wildman–Crippen LogP) is 4.73. The van der Waals surface area contributed by atoms with Crippen LogP contribution in [0.2, 0.25) is 5.02 Å². The summed E-state index contributed by atoms with van der Waals surface area (Å²) in [6.45, 7) is 2.11. The zero-order valence-corrected chi connectivity index (χ0v) is 18.8. The van der Waals surface area contributed by atoms with Gasteiger partial charge in [-0.3, -0.25) is 0 Å². The second-order valence-corrected chi connectivity index (χ2v) is 7.65. The molecule has 0 aliphatic carbocycles. The fourth-order valence-electron chi connectivity index (χ4n) is 3.49. The van der Waals surface area contributed by atoms with Crippen LogP contribution >= 0.6 is 11.6 Å². The van der Waals surface area contributed by atoms with Gasteiger partial charge in [0.05, 0.1) is 36.3 Å². The van der Waals surface area contributed by atoms with E-state index in [1.165, 1.54) is 19.2 Å². The molecule has 0 aliphatic heterocycles. The Labute approximate surface area is 195 Å². The van der Waals surface area contributed by atoms with Crippen molar-refractivity contribution in [1.29, 1.82) is 0 Å². The molecule has 0 fully saturated rings. The number of carbonyl (C=O) groups excluding carboxylic acids is 2. The molecule has 0 bridgehead atoms. The highest BCUT2D eigenvalue weighted by molar-refractivity contribution is 6.31. The first-order valence-corrected chi connectivity index (χ1v) is 10.6. The molecule has 0 atom stereocenters. The summed E-state index contributed by atoms with van der Waals surface area (Å²) >= 11 is 6.04. The molecule has 0 radical (unpaired) electrons. The lowest BCUT2D eigenvalue weighted by Gasteiger charge is -2.13. The third kappa shape index (κ3) is 4.75. The Kier molecular flexibility index (Phi) is 6.46.